The van der Waals surface area contributed by atoms with Gasteiger partial charge in [0.15, 0.2) is 0 Å². The highest BCUT2D eigenvalue weighted by molar-refractivity contribution is 5.43. The lowest BCUT2D eigenvalue weighted by atomic mass is 9.56. The molecular weight excluding hydrogens is 234 g/mol. The zero-order valence-electron chi connectivity index (χ0n) is 12.0. The van der Waals surface area contributed by atoms with Crippen molar-refractivity contribution in [3.63, 3.8) is 0 Å². The quantitative estimate of drug-likeness (QED) is 0.902. The second-order valence-electron chi connectivity index (χ2n) is 6.20. The molecule has 1 aromatic carbocycles. The van der Waals surface area contributed by atoms with Gasteiger partial charge in [-0.3, -0.25) is 0 Å². The molecule has 0 spiro atoms. The zero-order valence-corrected chi connectivity index (χ0v) is 12.0. The fourth-order valence-corrected chi connectivity index (χ4v) is 4.50. The third-order valence-corrected chi connectivity index (χ3v) is 5.41. The summed E-state index contributed by atoms with van der Waals surface area (Å²) in [5, 5.41) is 0. The van der Waals surface area contributed by atoms with Gasteiger partial charge >= 0.3 is 0 Å². The third-order valence-electron chi connectivity index (χ3n) is 5.41. The van der Waals surface area contributed by atoms with Crippen molar-refractivity contribution >= 4 is 0 Å². The molecule has 2 aliphatic rings. The zero-order chi connectivity index (χ0) is 13.3. The van der Waals surface area contributed by atoms with E-state index in [0.29, 0.717) is 5.41 Å². The number of methoxy groups -OCH3 is 1. The van der Waals surface area contributed by atoms with E-state index in [9.17, 15) is 0 Å². The van der Waals surface area contributed by atoms with Crippen LogP contribution < -0.4 is 10.5 Å². The molecule has 1 fully saturated rings. The molecule has 1 saturated carbocycles. The van der Waals surface area contributed by atoms with Crippen LogP contribution in [0.4, 0.5) is 0 Å². The van der Waals surface area contributed by atoms with Crippen molar-refractivity contribution < 1.29 is 4.74 Å². The van der Waals surface area contributed by atoms with Gasteiger partial charge in [0.25, 0.3) is 0 Å². The summed E-state index contributed by atoms with van der Waals surface area (Å²) >= 11 is 0. The Morgan fingerprint density at radius 2 is 2.21 bits per heavy atom. The standard InChI is InChI=1S/C17H25NO/c1-19-15-8-6-13-5-7-14-4-2-3-9-17(14,10-11-18)16(13)12-15/h6,8,12,14H,2-5,7,9-11,18H2,1H3/t14?,17-/m0/s1. The summed E-state index contributed by atoms with van der Waals surface area (Å²) in [6.45, 7) is 0.799. The molecule has 0 saturated heterocycles. The normalized spacial score (nSPS) is 29.5. The van der Waals surface area contributed by atoms with Gasteiger partial charge in [-0.25, -0.2) is 0 Å². The molecule has 2 atom stereocenters. The number of ether oxygens (including phenoxy) is 1. The molecule has 19 heavy (non-hydrogen) atoms. The molecule has 2 heteroatoms. The Morgan fingerprint density at radius 3 is 3.00 bits per heavy atom. The topological polar surface area (TPSA) is 35.2 Å². The average Bonchev–Trinajstić information content (AvgIpc) is 2.47. The molecule has 2 nitrogen and oxygen atoms in total. The van der Waals surface area contributed by atoms with Crippen molar-refractivity contribution in [3.05, 3.63) is 29.3 Å². The lowest BCUT2D eigenvalue weighted by molar-refractivity contribution is 0.150. The van der Waals surface area contributed by atoms with Gasteiger partial charge < -0.3 is 10.5 Å². The van der Waals surface area contributed by atoms with Crippen LogP contribution in [0, 0.1) is 5.92 Å². The first-order valence-electron chi connectivity index (χ1n) is 7.67. The molecule has 0 aliphatic heterocycles. The molecule has 0 bridgehead atoms. The predicted molar refractivity (Wildman–Crippen MR) is 78.6 cm³/mol. The summed E-state index contributed by atoms with van der Waals surface area (Å²) in [4.78, 5) is 0. The first-order valence-corrected chi connectivity index (χ1v) is 7.67. The van der Waals surface area contributed by atoms with E-state index >= 15 is 0 Å². The van der Waals surface area contributed by atoms with Crippen molar-refractivity contribution in [3.8, 4) is 5.75 Å². The molecule has 0 radical (unpaired) electrons. The predicted octanol–water partition coefficient (Wildman–Crippen LogP) is 3.42. The van der Waals surface area contributed by atoms with E-state index in [2.05, 4.69) is 18.2 Å². The number of hydrogen-bond acceptors (Lipinski definition) is 2. The van der Waals surface area contributed by atoms with Crippen LogP contribution in [-0.4, -0.2) is 13.7 Å². The smallest absolute Gasteiger partial charge is 0.119 e. The Hall–Kier alpha value is -1.02. The highest BCUT2D eigenvalue weighted by atomic mass is 16.5. The van der Waals surface area contributed by atoms with Crippen LogP contribution in [0.15, 0.2) is 18.2 Å². The minimum absolute atomic E-state index is 0.342. The van der Waals surface area contributed by atoms with Crippen molar-refractivity contribution in [2.75, 3.05) is 13.7 Å². The van der Waals surface area contributed by atoms with Gasteiger partial charge in [-0.05, 0) is 73.2 Å². The number of aryl methyl sites for hydroxylation is 1. The highest BCUT2D eigenvalue weighted by Crippen LogP contribution is 2.52. The number of nitrogens with two attached hydrogens (primary N) is 1. The monoisotopic (exact) mass is 259 g/mol. The van der Waals surface area contributed by atoms with Gasteiger partial charge in [-0.2, -0.15) is 0 Å². The second kappa shape index (κ2) is 5.16. The van der Waals surface area contributed by atoms with E-state index in [1.165, 1.54) is 44.1 Å². The van der Waals surface area contributed by atoms with Crippen LogP contribution in [0.5, 0.6) is 5.75 Å². The maximum atomic E-state index is 5.96. The number of benzene rings is 1. The summed E-state index contributed by atoms with van der Waals surface area (Å²) in [7, 11) is 1.76. The number of fused-ring (bicyclic) bond motifs is 3. The lowest BCUT2D eigenvalue weighted by Crippen LogP contribution is -2.43. The number of rotatable bonds is 3. The van der Waals surface area contributed by atoms with Gasteiger partial charge in [0.1, 0.15) is 5.75 Å². The third kappa shape index (κ3) is 2.06. The summed E-state index contributed by atoms with van der Waals surface area (Å²) in [5.74, 6) is 1.84. The molecule has 3 rings (SSSR count). The minimum Gasteiger partial charge on any atom is -0.497 e. The Labute approximate surface area is 116 Å². The van der Waals surface area contributed by atoms with Gasteiger partial charge in [-0.15, -0.1) is 0 Å². The van der Waals surface area contributed by atoms with Crippen LogP contribution >= 0.6 is 0 Å². The van der Waals surface area contributed by atoms with Gasteiger partial charge in [0.2, 0.25) is 0 Å². The van der Waals surface area contributed by atoms with Crippen molar-refractivity contribution in [1.29, 1.82) is 0 Å². The molecule has 0 amide bonds. The van der Waals surface area contributed by atoms with Gasteiger partial charge in [0.05, 0.1) is 7.11 Å². The fourth-order valence-electron chi connectivity index (χ4n) is 4.50. The van der Waals surface area contributed by atoms with E-state index in [-0.39, 0.29) is 0 Å². The largest absolute Gasteiger partial charge is 0.497 e. The van der Waals surface area contributed by atoms with E-state index in [0.717, 1.165) is 24.6 Å². The van der Waals surface area contributed by atoms with Crippen LogP contribution in [0.2, 0.25) is 0 Å². The van der Waals surface area contributed by atoms with Crippen LogP contribution in [0.25, 0.3) is 0 Å². The van der Waals surface area contributed by atoms with Gasteiger partial charge in [0, 0.05) is 0 Å². The van der Waals surface area contributed by atoms with Crippen LogP contribution in [-0.2, 0) is 11.8 Å². The first-order chi connectivity index (χ1) is 9.30. The van der Waals surface area contributed by atoms with Crippen molar-refractivity contribution in [2.45, 2.75) is 50.4 Å². The van der Waals surface area contributed by atoms with E-state index in [4.69, 9.17) is 10.5 Å². The van der Waals surface area contributed by atoms with Crippen molar-refractivity contribution in [2.24, 2.45) is 11.7 Å². The Bertz CT molecular complexity index is 453. The first kappa shape index (κ1) is 13.0. The van der Waals surface area contributed by atoms with E-state index < -0.39 is 0 Å². The maximum absolute atomic E-state index is 5.96. The molecule has 1 unspecified atom stereocenters. The van der Waals surface area contributed by atoms with Gasteiger partial charge in [-0.1, -0.05) is 18.9 Å². The lowest BCUT2D eigenvalue weighted by Gasteiger charge is -2.49. The molecule has 104 valence electrons. The molecule has 0 aromatic heterocycles. The van der Waals surface area contributed by atoms with Crippen LogP contribution in [0.3, 0.4) is 0 Å². The molecular formula is C17H25NO. The average molecular weight is 259 g/mol. The van der Waals surface area contributed by atoms with E-state index in [1.807, 2.05) is 0 Å². The van der Waals surface area contributed by atoms with Crippen LogP contribution in [0.1, 0.15) is 49.7 Å². The molecule has 2 aliphatic carbocycles. The Kier molecular flexibility index (Phi) is 3.53. The minimum atomic E-state index is 0.342. The summed E-state index contributed by atoms with van der Waals surface area (Å²) in [6, 6.07) is 6.68. The Balaban J connectivity index is 2.09. The summed E-state index contributed by atoms with van der Waals surface area (Å²) < 4.78 is 5.45. The Morgan fingerprint density at radius 1 is 1.32 bits per heavy atom. The highest BCUT2D eigenvalue weighted by Gasteiger charge is 2.44. The SMILES string of the molecule is COc1ccc2c(c1)[C@]1(CCN)CCCCC1CC2. The molecule has 1 aromatic rings. The fraction of sp³-hybridized carbons (Fsp3) is 0.647. The van der Waals surface area contributed by atoms with E-state index in [1.54, 1.807) is 12.7 Å². The molecule has 2 N–H and O–H groups in total. The second-order valence-corrected chi connectivity index (χ2v) is 6.20. The summed E-state index contributed by atoms with van der Waals surface area (Å²) in [5.41, 5.74) is 9.38. The summed E-state index contributed by atoms with van der Waals surface area (Å²) in [6.07, 6.45) is 9.17. The maximum Gasteiger partial charge on any atom is 0.119 e. The molecule has 0 heterocycles. The van der Waals surface area contributed by atoms with Crippen molar-refractivity contribution in [1.82, 2.24) is 0 Å². The number of hydrogen-bond donors (Lipinski definition) is 1.